The van der Waals surface area contributed by atoms with E-state index in [1.165, 1.54) is 14.0 Å². The van der Waals surface area contributed by atoms with Crippen LogP contribution in [0.3, 0.4) is 0 Å². The van der Waals surface area contributed by atoms with Crippen LogP contribution in [0.4, 0.5) is 0 Å². The Labute approximate surface area is 210 Å². The minimum absolute atomic E-state index is 0.00857. The number of carbonyl (C=O) groups is 4. The van der Waals surface area contributed by atoms with Gasteiger partial charge in [0.15, 0.2) is 5.76 Å². The number of fused-ring (bicyclic) bond motifs is 4. The molecule has 0 aromatic rings. The van der Waals surface area contributed by atoms with Crippen LogP contribution in [0.5, 0.6) is 0 Å². The van der Waals surface area contributed by atoms with Crippen LogP contribution in [0.2, 0.25) is 0 Å². The Kier molecular flexibility index (Phi) is 5.89. The first-order valence-corrected chi connectivity index (χ1v) is 12.6. The molecule has 5 atom stereocenters. The number of ketones is 2. The summed E-state index contributed by atoms with van der Waals surface area (Å²) >= 11 is 0. The fourth-order valence-corrected chi connectivity index (χ4v) is 7.14. The topological polar surface area (TPSA) is 119 Å². The third kappa shape index (κ3) is 3.38. The number of hydrogen-bond acceptors (Lipinski definition) is 9. The fourth-order valence-electron chi connectivity index (χ4n) is 7.14. The number of carbonyl (C=O) groups excluding carboxylic acids is 4. The summed E-state index contributed by atoms with van der Waals surface area (Å²) in [5.41, 5.74) is -0.962. The van der Waals surface area contributed by atoms with E-state index in [0.29, 0.717) is 24.0 Å². The predicted molar refractivity (Wildman–Crippen MR) is 126 cm³/mol. The first-order chi connectivity index (χ1) is 17.0. The van der Waals surface area contributed by atoms with Crippen LogP contribution in [0.1, 0.15) is 52.9 Å². The molecule has 3 unspecified atom stereocenters. The Balaban J connectivity index is 1.77. The molecule has 3 aliphatic carbocycles. The maximum Gasteiger partial charge on any atom is 0.340 e. The highest BCUT2D eigenvalue weighted by Gasteiger charge is 2.64. The number of ether oxygens (including phenoxy) is 3. The van der Waals surface area contributed by atoms with E-state index < -0.39 is 52.4 Å². The second-order valence-corrected chi connectivity index (χ2v) is 11.0. The lowest BCUT2D eigenvalue weighted by molar-refractivity contribution is -0.160. The molecule has 5 rings (SSSR count). The molecule has 0 amide bonds. The Hall–Kier alpha value is -2.94. The molecule has 1 saturated carbocycles. The van der Waals surface area contributed by atoms with Crippen molar-refractivity contribution >= 4 is 23.5 Å². The first-order valence-electron chi connectivity index (χ1n) is 12.6. The second-order valence-electron chi connectivity index (χ2n) is 11.0. The van der Waals surface area contributed by atoms with E-state index >= 15 is 0 Å². The van der Waals surface area contributed by atoms with Gasteiger partial charge < -0.3 is 24.2 Å². The molecule has 2 aliphatic heterocycles. The zero-order chi connectivity index (χ0) is 26.0. The van der Waals surface area contributed by atoms with Crippen molar-refractivity contribution in [3.63, 3.8) is 0 Å². The van der Waals surface area contributed by atoms with Crippen LogP contribution < -0.4 is 0 Å². The Morgan fingerprint density at radius 1 is 1.22 bits per heavy atom. The normalized spacial score (nSPS) is 37.2. The molecule has 194 valence electrons. The lowest BCUT2D eigenvalue weighted by atomic mass is 9.53. The number of likely N-dealkylation sites (tertiary alicyclic amines) is 1. The average molecular weight is 500 g/mol. The van der Waals surface area contributed by atoms with Gasteiger partial charge in [-0.25, -0.2) is 4.79 Å². The number of rotatable bonds is 4. The molecule has 0 radical (unpaired) electrons. The van der Waals surface area contributed by atoms with Gasteiger partial charge >= 0.3 is 11.9 Å². The summed E-state index contributed by atoms with van der Waals surface area (Å²) in [5, 5.41) is 11.5. The monoisotopic (exact) mass is 499 g/mol. The third-order valence-corrected chi connectivity index (χ3v) is 8.87. The number of aliphatic hydroxyl groups excluding tert-OH is 1. The number of allylic oxidation sites excluding steroid dienone is 1. The lowest BCUT2D eigenvalue weighted by Gasteiger charge is -2.53. The zero-order valence-electron chi connectivity index (χ0n) is 21.2. The van der Waals surface area contributed by atoms with Crippen LogP contribution in [0, 0.1) is 16.7 Å². The van der Waals surface area contributed by atoms with Gasteiger partial charge in [0, 0.05) is 68.6 Å². The van der Waals surface area contributed by atoms with Crippen molar-refractivity contribution in [3.8, 4) is 0 Å². The number of nitrogens with zero attached hydrogens (tertiary/aromatic N) is 1. The highest BCUT2D eigenvalue weighted by atomic mass is 16.6. The van der Waals surface area contributed by atoms with Crippen molar-refractivity contribution in [3.05, 3.63) is 34.3 Å². The lowest BCUT2D eigenvalue weighted by Crippen LogP contribution is -2.57. The Morgan fingerprint density at radius 3 is 2.56 bits per heavy atom. The Bertz CT molecular complexity index is 1140. The van der Waals surface area contributed by atoms with E-state index in [4.69, 9.17) is 14.2 Å². The first kappa shape index (κ1) is 24.7. The van der Waals surface area contributed by atoms with Crippen molar-refractivity contribution in [1.82, 2.24) is 4.90 Å². The highest BCUT2D eigenvalue weighted by Crippen LogP contribution is 2.62. The quantitative estimate of drug-likeness (QED) is 0.460. The number of esters is 2. The molecular formula is C27H33NO8. The molecule has 36 heavy (non-hydrogen) atoms. The van der Waals surface area contributed by atoms with Crippen LogP contribution in [0.15, 0.2) is 34.3 Å². The van der Waals surface area contributed by atoms with Gasteiger partial charge in [-0.2, -0.15) is 0 Å². The standard InChI is InChI=1S/C27H33NO8/c1-14(29)35-17-11-26(2)16(7-8-18(26)30)20-22(17)27(3)19(13-34-4)36-25(33)15(12-28-9-5-6-10-28)21(27)24(32)23(20)31/h12,16-17,19,32H,5-11,13H2,1-4H3/b15-12+/t16?,17-,19-,26?,27?/m1/s1. The van der Waals surface area contributed by atoms with Crippen molar-refractivity contribution in [2.24, 2.45) is 16.7 Å². The second kappa shape index (κ2) is 8.57. The molecule has 1 N–H and O–H groups in total. The van der Waals surface area contributed by atoms with Crippen LogP contribution in [-0.2, 0) is 33.4 Å². The van der Waals surface area contributed by atoms with Gasteiger partial charge in [0.25, 0.3) is 0 Å². The molecule has 0 bridgehead atoms. The predicted octanol–water partition coefficient (Wildman–Crippen LogP) is 2.56. The van der Waals surface area contributed by atoms with Crippen molar-refractivity contribution < 1.29 is 38.5 Å². The summed E-state index contributed by atoms with van der Waals surface area (Å²) in [6.45, 7) is 6.43. The maximum atomic E-state index is 13.9. The molecule has 0 spiro atoms. The molecule has 9 heteroatoms. The van der Waals surface area contributed by atoms with Gasteiger partial charge in [-0.1, -0.05) is 6.92 Å². The summed E-state index contributed by atoms with van der Waals surface area (Å²) in [6.07, 6.45) is 2.87. The summed E-state index contributed by atoms with van der Waals surface area (Å²) in [7, 11) is 1.48. The Morgan fingerprint density at radius 2 is 1.92 bits per heavy atom. The average Bonchev–Trinajstić information content (AvgIpc) is 3.42. The molecule has 0 aromatic carbocycles. The van der Waals surface area contributed by atoms with Gasteiger partial charge in [0.2, 0.25) is 5.78 Å². The van der Waals surface area contributed by atoms with Gasteiger partial charge in [0.05, 0.1) is 17.6 Å². The van der Waals surface area contributed by atoms with Crippen molar-refractivity contribution in [1.29, 1.82) is 0 Å². The largest absolute Gasteiger partial charge is 0.504 e. The van der Waals surface area contributed by atoms with E-state index in [1.54, 1.807) is 6.20 Å². The summed E-state index contributed by atoms with van der Waals surface area (Å²) in [5.74, 6) is -2.71. The number of cyclic esters (lactones) is 1. The summed E-state index contributed by atoms with van der Waals surface area (Å²) in [6, 6.07) is 0. The highest BCUT2D eigenvalue weighted by molar-refractivity contribution is 6.14. The van der Waals surface area contributed by atoms with Crippen LogP contribution >= 0.6 is 0 Å². The van der Waals surface area contributed by atoms with E-state index in [2.05, 4.69) is 0 Å². The van der Waals surface area contributed by atoms with Crippen LogP contribution in [-0.4, -0.2) is 72.5 Å². The molecular weight excluding hydrogens is 466 g/mol. The minimum atomic E-state index is -1.20. The molecule has 5 aliphatic rings. The van der Waals surface area contributed by atoms with Gasteiger partial charge in [0.1, 0.15) is 18.0 Å². The number of methoxy groups -OCH3 is 1. The number of hydrogen-bond donors (Lipinski definition) is 1. The minimum Gasteiger partial charge on any atom is -0.504 e. The molecule has 2 heterocycles. The van der Waals surface area contributed by atoms with Crippen molar-refractivity contribution in [2.75, 3.05) is 26.8 Å². The third-order valence-electron chi connectivity index (χ3n) is 8.87. The fraction of sp³-hybridized carbons (Fsp3) is 0.630. The maximum absolute atomic E-state index is 13.9. The van der Waals surface area contributed by atoms with Gasteiger partial charge in [-0.3, -0.25) is 14.4 Å². The van der Waals surface area contributed by atoms with Crippen LogP contribution in [0.25, 0.3) is 0 Å². The summed E-state index contributed by atoms with van der Waals surface area (Å²) in [4.78, 5) is 54.3. The zero-order valence-corrected chi connectivity index (χ0v) is 21.2. The van der Waals surface area contributed by atoms with Gasteiger partial charge in [-0.15, -0.1) is 0 Å². The van der Waals surface area contributed by atoms with Gasteiger partial charge in [-0.05, 0) is 31.8 Å². The van der Waals surface area contributed by atoms with E-state index in [-0.39, 0.29) is 30.0 Å². The smallest absolute Gasteiger partial charge is 0.340 e. The molecule has 9 nitrogen and oxygen atoms in total. The molecule has 0 aromatic heterocycles. The van der Waals surface area contributed by atoms with Crippen molar-refractivity contribution in [2.45, 2.75) is 65.1 Å². The number of Topliss-reactive ketones (excluding diaryl/α,β-unsaturated/α-hetero) is 2. The SMILES string of the molecule is COC[C@H]1OC(=O)/C(=C/N2CCCC2)C2=C(O)C(=O)C3=C([C@H](OC(C)=O)CC4(C)C(=O)CCC34)C21C. The number of aliphatic hydroxyl groups is 1. The van der Waals surface area contributed by atoms with E-state index in [1.807, 2.05) is 18.7 Å². The molecule has 2 saturated heterocycles. The summed E-state index contributed by atoms with van der Waals surface area (Å²) < 4.78 is 17.1. The van der Waals surface area contributed by atoms with E-state index in [9.17, 15) is 24.3 Å². The molecule has 3 fully saturated rings. The van der Waals surface area contributed by atoms with E-state index in [0.717, 1.165) is 25.9 Å².